The summed E-state index contributed by atoms with van der Waals surface area (Å²) in [7, 11) is 0. The number of aromatic nitrogens is 1. The summed E-state index contributed by atoms with van der Waals surface area (Å²) >= 11 is 0. The maximum absolute atomic E-state index is 12.1. The lowest BCUT2D eigenvalue weighted by atomic mass is 9.95. The molecule has 1 aromatic heterocycles. The third-order valence-corrected chi connectivity index (χ3v) is 3.76. The average molecular weight is 225 g/mol. The minimum absolute atomic E-state index is 0.0373. The second-order valence-electron chi connectivity index (χ2n) is 5.15. The number of hydrogen-bond acceptors (Lipinski definition) is 2. The number of Topliss-reactive ketones (excluding diaryl/α,β-unsaturated/α-hetero) is 1. The number of ketones is 1. The van der Waals surface area contributed by atoms with Gasteiger partial charge >= 0.3 is 0 Å². The van der Waals surface area contributed by atoms with Gasteiger partial charge in [-0.05, 0) is 30.5 Å². The van der Waals surface area contributed by atoms with E-state index in [1.807, 2.05) is 30.3 Å². The van der Waals surface area contributed by atoms with Crippen molar-refractivity contribution in [3.63, 3.8) is 0 Å². The van der Waals surface area contributed by atoms with E-state index in [1.54, 1.807) is 6.20 Å². The van der Waals surface area contributed by atoms with E-state index in [9.17, 15) is 4.79 Å². The van der Waals surface area contributed by atoms with Crippen LogP contribution in [0, 0.1) is 5.41 Å². The number of nitrogens with zero attached hydrogens (tertiary/aromatic N) is 1. The van der Waals surface area contributed by atoms with E-state index in [-0.39, 0.29) is 5.41 Å². The number of carbonyl (C=O) groups is 1. The summed E-state index contributed by atoms with van der Waals surface area (Å²) in [6.07, 6.45) is 4.43. The Balaban J connectivity index is 1.97. The van der Waals surface area contributed by atoms with Gasteiger partial charge < -0.3 is 0 Å². The van der Waals surface area contributed by atoms with Gasteiger partial charge in [0.2, 0.25) is 0 Å². The van der Waals surface area contributed by atoms with Gasteiger partial charge in [-0.15, -0.1) is 0 Å². The minimum atomic E-state index is -0.0373. The molecule has 0 radical (unpaired) electrons. The number of benzene rings is 1. The van der Waals surface area contributed by atoms with Gasteiger partial charge in [0.15, 0.2) is 0 Å². The van der Waals surface area contributed by atoms with Gasteiger partial charge in [0.05, 0.1) is 5.52 Å². The number of para-hydroxylation sites is 1. The molecular weight excluding hydrogens is 210 g/mol. The maximum atomic E-state index is 12.1. The van der Waals surface area contributed by atoms with E-state index < -0.39 is 0 Å². The molecule has 0 bridgehead atoms. The normalized spacial score (nSPS) is 17.0. The van der Waals surface area contributed by atoms with Crippen LogP contribution in [0.2, 0.25) is 0 Å². The van der Waals surface area contributed by atoms with Crippen molar-refractivity contribution in [2.45, 2.75) is 26.2 Å². The van der Waals surface area contributed by atoms with Gasteiger partial charge in [-0.1, -0.05) is 25.1 Å². The van der Waals surface area contributed by atoms with Gasteiger partial charge in [0.25, 0.3) is 0 Å². The molecule has 1 fully saturated rings. The van der Waals surface area contributed by atoms with E-state index in [0.717, 1.165) is 29.3 Å². The van der Waals surface area contributed by atoms with Gasteiger partial charge in [-0.3, -0.25) is 9.78 Å². The van der Waals surface area contributed by atoms with Gasteiger partial charge in [0, 0.05) is 23.4 Å². The van der Waals surface area contributed by atoms with Crippen LogP contribution in [0.3, 0.4) is 0 Å². The molecule has 2 nitrogen and oxygen atoms in total. The van der Waals surface area contributed by atoms with Gasteiger partial charge in [0.1, 0.15) is 5.78 Å². The largest absolute Gasteiger partial charge is 0.299 e. The van der Waals surface area contributed by atoms with Crippen LogP contribution >= 0.6 is 0 Å². The van der Waals surface area contributed by atoms with E-state index in [1.165, 1.54) is 0 Å². The quantitative estimate of drug-likeness (QED) is 0.803. The molecular formula is C15H15NO. The van der Waals surface area contributed by atoms with Crippen LogP contribution in [-0.4, -0.2) is 10.8 Å². The van der Waals surface area contributed by atoms with Crippen LogP contribution in [0.25, 0.3) is 10.9 Å². The SMILES string of the molecule is CC1(C(=O)Cc2ccnc3ccccc23)CC1. The predicted octanol–water partition coefficient (Wildman–Crippen LogP) is 3.15. The first-order chi connectivity index (χ1) is 8.19. The van der Waals surface area contributed by atoms with Crippen molar-refractivity contribution in [2.75, 3.05) is 0 Å². The number of rotatable bonds is 3. The number of fused-ring (bicyclic) bond motifs is 1. The third kappa shape index (κ3) is 1.84. The van der Waals surface area contributed by atoms with Crippen LogP contribution in [0.4, 0.5) is 0 Å². The Labute approximate surface area is 101 Å². The van der Waals surface area contributed by atoms with Crippen LogP contribution in [0.5, 0.6) is 0 Å². The Morgan fingerprint density at radius 2 is 2.06 bits per heavy atom. The predicted molar refractivity (Wildman–Crippen MR) is 67.8 cm³/mol. The molecule has 86 valence electrons. The fourth-order valence-electron chi connectivity index (χ4n) is 2.16. The monoisotopic (exact) mass is 225 g/mol. The topological polar surface area (TPSA) is 30.0 Å². The zero-order valence-electron chi connectivity index (χ0n) is 9.94. The fraction of sp³-hybridized carbons (Fsp3) is 0.333. The summed E-state index contributed by atoms with van der Waals surface area (Å²) in [5, 5.41) is 1.10. The molecule has 1 saturated carbocycles. The van der Waals surface area contributed by atoms with Gasteiger partial charge in [-0.2, -0.15) is 0 Å². The van der Waals surface area contributed by atoms with E-state index in [0.29, 0.717) is 12.2 Å². The molecule has 1 aromatic carbocycles. The summed E-state index contributed by atoms with van der Waals surface area (Å²) in [6, 6.07) is 9.97. The van der Waals surface area contributed by atoms with Crippen LogP contribution in [-0.2, 0) is 11.2 Å². The lowest BCUT2D eigenvalue weighted by Crippen LogP contribution is -2.14. The lowest BCUT2D eigenvalue weighted by molar-refractivity contribution is -0.122. The Morgan fingerprint density at radius 1 is 1.29 bits per heavy atom. The first-order valence-corrected chi connectivity index (χ1v) is 6.05. The second kappa shape index (κ2) is 3.66. The molecule has 2 aromatic rings. The second-order valence-corrected chi connectivity index (χ2v) is 5.15. The molecule has 2 heteroatoms. The molecule has 1 aliphatic carbocycles. The molecule has 3 rings (SSSR count). The highest BCUT2D eigenvalue weighted by atomic mass is 16.1. The van der Waals surface area contributed by atoms with Crippen molar-refractivity contribution in [1.82, 2.24) is 4.98 Å². The molecule has 0 saturated heterocycles. The molecule has 0 N–H and O–H groups in total. The Kier molecular flexibility index (Phi) is 2.25. The fourth-order valence-corrected chi connectivity index (χ4v) is 2.16. The molecule has 17 heavy (non-hydrogen) atoms. The smallest absolute Gasteiger partial charge is 0.143 e. The molecule has 1 heterocycles. The summed E-state index contributed by atoms with van der Waals surface area (Å²) in [5.41, 5.74) is 2.04. The Morgan fingerprint density at radius 3 is 2.82 bits per heavy atom. The Bertz CT molecular complexity index is 579. The van der Waals surface area contributed by atoms with Crippen LogP contribution in [0.1, 0.15) is 25.3 Å². The summed E-state index contributed by atoms with van der Waals surface area (Å²) in [4.78, 5) is 16.4. The maximum Gasteiger partial charge on any atom is 0.143 e. The van der Waals surface area contributed by atoms with Crippen molar-refractivity contribution in [1.29, 1.82) is 0 Å². The molecule has 0 spiro atoms. The highest BCUT2D eigenvalue weighted by molar-refractivity contribution is 5.93. The van der Waals surface area contributed by atoms with E-state index >= 15 is 0 Å². The molecule has 0 atom stereocenters. The number of hydrogen-bond donors (Lipinski definition) is 0. The summed E-state index contributed by atoms with van der Waals surface area (Å²) in [6.45, 7) is 2.07. The average Bonchev–Trinajstić information content (AvgIpc) is 3.09. The van der Waals surface area contributed by atoms with E-state index in [2.05, 4.69) is 11.9 Å². The standard InChI is InChI=1S/C15H15NO/c1-15(7-8-15)14(17)10-11-6-9-16-13-5-3-2-4-12(11)13/h2-6,9H,7-8,10H2,1H3. The molecule has 0 aliphatic heterocycles. The highest BCUT2D eigenvalue weighted by Gasteiger charge is 2.44. The minimum Gasteiger partial charge on any atom is -0.299 e. The van der Waals surface area contributed by atoms with Crippen molar-refractivity contribution in [2.24, 2.45) is 5.41 Å². The lowest BCUT2D eigenvalue weighted by Gasteiger charge is -2.09. The van der Waals surface area contributed by atoms with Crippen LogP contribution in [0.15, 0.2) is 36.5 Å². The summed E-state index contributed by atoms with van der Waals surface area (Å²) < 4.78 is 0. The van der Waals surface area contributed by atoms with Crippen molar-refractivity contribution in [3.05, 3.63) is 42.1 Å². The highest BCUT2D eigenvalue weighted by Crippen LogP contribution is 2.46. The number of carbonyl (C=O) groups excluding carboxylic acids is 1. The first-order valence-electron chi connectivity index (χ1n) is 6.05. The molecule has 0 unspecified atom stereocenters. The number of pyridine rings is 1. The zero-order valence-corrected chi connectivity index (χ0v) is 9.94. The van der Waals surface area contributed by atoms with Crippen molar-refractivity contribution >= 4 is 16.7 Å². The van der Waals surface area contributed by atoms with Crippen molar-refractivity contribution in [3.8, 4) is 0 Å². The zero-order chi connectivity index (χ0) is 11.9. The third-order valence-electron chi connectivity index (χ3n) is 3.76. The Hall–Kier alpha value is -1.70. The molecule has 1 aliphatic rings. The first kappa shape index (κ1) is 10.5. The van der Waals surface area contributed by atoms with Crippen LogP contribution < -0.4 is 0 Å². The van der Waals surface area contributed by atoms with Crippen molar-refractivity contribution < 1.29 is 4.79 Å². The molecule has 0 amide bonds. The summed E-state index contributed by atoms with van der Waals surface area (Å²) in [5.74, 6) is 0.369. The van der Waals surface area contributed by atoms with Gasteiger partial charge in [-0.25, -0.2) is 0 Å². The van der Waals surface area contributed by atoms with E-state index in [4.69, 9.17) is 0 Å².